The van der Waals surface area contributed by atoms with E-state index in [1.54, 1.807) is 19.4 Å². The second-order valence-corrected chi connectivity index (χ2v) is 20.6. The van der Waals surface area contributed by atoms with Gasteiger partial charge in [0.25, 0.3) is 0 Å². The fraction of sp³-hybridized carbons (Fsp3) is 0.766. The molecule has 1 aromatic carbocycles. The summed E-state index contributed by atoms with van der Waals surface area (Å²) in [5.74, 6) is 0.857. The van der Waals surface area contributed by atoms with E-state index in [0.29, 0.717) is 23.5 Å². The number of ketones is 1. The van der Waals surface area contributed by atoms with Crippen LogP contribution in [0.15, 0.2) is 41.5 Å². The molecule has 8 atom stereocenters. The van der Waals surface area contributed by atoms with Crippen LogP contribution in [0.4, 0.5) is 0 Å². The number of rotatable bonds is 12. The minimum atomic E-state index is -1.14. The summed E-state index contributed by atoms with van der Waals surface area (Å²) in [4.78, 5) is 38.9. The lowest BCUT2D eigenvalue weighted by atomic mass is 9.33. The van der Waals surface area contributed by atoms with Crippen LogP contribution in [-0.4, -0.2) is 28.9 Å². The molecule has 1 N–H and O–H groups in total. The molecule has 0 amide bonds. The van der Waals surface area contributed by atoms with Crippen molar-refractivity contribution in [2.24, 2.45) is 56.2 Å². The number of fused-ring (bicyclic) bond motifs is 7. The summed E-state index contributed by atoms with van der Waals surface area (Å²) in [6.45, 7) is 20.2. The van der Waals surface area contributed by atoms with Crippen molar-refractivity contribution in [3.8, 4) is 0 Å². The topological polar surface area (TPSA) is 80.7 Å². The number of carbonyl (C=O) groups is 3. The third kappa shape index (κ3) is 6.44. The van der Waals surface area contributed by atoms with Gasteiger partial charge in [0.2, 0.25) is 0 Å². The molecular weight excluding hydrogens is 645 g/mol. The van der Waals surface area contributed by atoms with Crippen LogP contribution >= 0.6 is 0 Å². The molecule has 0 saturated heterocycles. The molecule has 288 valence electrons. The first-order valence-electron chi connectivity index (χ1n) is 21.1. The summed E-state index contributed by atoms with van der Waals surface area (Å²) < 4.78 is 6.19. The maximum Gasteiger partial charge on any atom is 0.309 e. The third-order valence-corrected chi connectivity index (χ3v) is 16.7. The standard InChI is InChI=1S/C47H70O5/c1-31(2)39-34(48)29-47(24-16-11-10-13-17-32-18-14-12-15-19-32)28-27-45(8)33(40(39)47)20-21-36-44(7)25-23-37(52-38(49)30-42(3,4)41(50)51)43(5,6)35(44)22-26-46(36,45)9/h12,14-15,18-19,31,33,35-37H,10-11,13,16-17,20-30H2,1-9H3,(H,50,51). The summed E-state index contributed by atoms with van der Waals surface area (Å²) in [6, 6.07) is 10.9. The Bertz CT molecular complexity index is 1550. The van der Waals surface area contributed by atoms with Gasteiger partial charge in [0.1, 0.15) is 6.10 Å². The van der Waals surface area contributed by atoms with E-state index < -0.39 is 11.4 Å². The molecule has 5 nitrogen and oxygen atoms in total. The molecule has 0 aromatic heterocycles. The Morgan fingerprint density at radius 2 is 1.54 bits per heavy atom. The molecule has 4 saturated carbocycles. The van der Waals surface area contributed by atoms with E-state index >= 15 is 0 Å². The van der Waals surface area contributed by atoms with Crippen LogP contribution < -0.4 is 0 Å². The van der Waals surface area contributed by atoms with Gasteiger partial charge in [0.05, 0.1) is 11.8 Å². The first-order valence-corrected chi connectivity index (χ1v) is 21.1. The Morgan fingerprint density at radius 1 is 0.846 bits per heavy atom. The Kier molecular flexibility index (Phi) is 10.6. The van der Waals surface area contributed by atoms with Gasteiger partial charge < -0.3 is 9.84 Å². The minimum Gasteiger partial charge on any atom is -0.481 e. The third-order valence-electron chi connectivity index (χ3n) is 16.7. The Morgan fingerprint density at radius 3 is 2.21 bits per heavy atom. The average molecular weight is 715 g/mol. The highest BCUT2D eigenvalue weighted by Crippen LogP contribution is 2.77. The maximum atomic E-state index is 14.0. The number of hydrogen-bond acceptors (Lipinski definition) is 4. The molecule has 1 aromatic rings. The molecule has 0 spiro atoms. The van der Waals surface area contributed by atoms with Crippen molar-refractivity contribution in [2.45, 2.75) is 171 Å². The van der Waals surface area contributed by atoms with E-state index in [4.69, 9.17) is 4.74 Å². The van der Waals surface area contributed by atoms with E-state index in [1.807, 2.05) is 0 Å². The van der Waals surface area contributed by atoms with Crippen LogP contribution in [0, 0.1) is 56.2 Å². The van der Waals surface area contributed by atoms with Gasteiger partial charge in [-0.25, -0.2) is 0 Å². The van der Waals surface area contributed by atoms with Gasteiger partial charge in [-0.3, -0.25) is 14.4 Å². The molecular formula is C47H70O5. The number of carboxylic acids is 1. The number of aliphatic carboxylic acids is 1. The molecule has 52 heavy (non-hydrogen) atoms. The summed E-state index contributed by atoms with van der Waals surface area (Å²) in [5.41, 5.74) is 3.45. The number of Topliss-reactive ketones (excluding diaryl/α,β-unsaturated/α-hetero) is 1. The molecule has 0 heterocycles. The summed E-state index contributed by atoms with van der Waals surface area (Å²) in [5, 5.41) is 9.62. The fourth-order valence-corrected chi connectivity index (χ4v) is 13.7. The molecule has 6 rings (SSSR count). The predicted octanol–water partition coefficient (Wildman–Crippen LogP) is 11.6. The second kappa shape index (κ2) is 14.0. The van der Waals surface area contributed by atoms with Crippen LogP contribution in [0.1, 0.15) is 164 Å². The van der Waals surface area contributed by atoms with Crippen molar-refractivity contribution < 1.29 is 24.2 Å². The zero-order valence-corrected chi connectivity index (χ0v) is 34.2. The molecule has 0 bridgehead atoms. The van der Waals surface area contributed by atoms with Crippen molar-refractivity contribution in [3.63, 3.8) is 0 Å². The largest absolute Gasteiger partial charge is 0.481 e. The average Bonchev–Trinajstić information content (AvgIpc) is 3.36. The van der Waals surface area contributed by atoms with E-state index in [1.165, 1.54) is 68.9 Å². The number of esters is 1. The zero-order valence-electron chi connectivity index (χ0n) is 34.2. The van der Waals surface area contributed by atoms with Gasteiger partial charge in [0, 0.05) is 11.8 Å². The number of hydrogen-bond donors (Lipinski definition) is 1. The van der Waals surface area contributed by atoms with Crippen molar-refractivity contribution in [2.75, 3.05) is 0 Å². The summed E-state index contributed by atoms with van der Waals surface area (Å²) in [6.07, 6.45) is 16.6. The van der Waals surface area contributed by atoms with E-state index in [9.17, 15) is 19.5 Å². The molecule has 0 aliphatic heterocycles. The molecule has 0 radical (unpaired) electrons. The van der Waals surface area contributed by atoms with E-state index in [0.717, 1.165) is 38.5 Å². The molecule has 8 unspecified atom stereocenters. The quantitative estimate of drug-likeness (QED) is 0.172. The van der Waals surface area contributed by atoms with Gasteiger partial charge in [-0.05, 0) is 141 Å². The number of carbonyl (C=O) groups excluding carboxylic acids is 2. The van der Waals surface area contributed by atoms with Gasteiger partial charge in [-0.15, -0.1) is 0 Å². The number of ether oxygens (including phenoxy) is 1. The van der Waals surface area contributed by atoms with Crippen molar-refractivity contribution in [1.82, 2.24) is 0 Å². The molecule has 5 aliphatic rings. The Balaban J connectivity index is 1.20. The van der Waals surface area contributed by atoms with Crippen LogP contribution in [0.3, 0.4) is 0 Å². The lowest BCUT2D eigenvalue weighted by molar-refractivity contribution is -0.233. The summed E-state index contributed by atoms with van der Waals surface area (Å²) >= 11 is 0. The fourth-order valence-electron chi connectivity index (χ4n) is 13.7. The number of unbranched alkanes of at least 4 members (excludes halogenated alkanes) is 3. The van der Waals surface area contributed by atoms with Crippen LogP contribution in [0.5, 0.6) is 0 Å². The molecule has 5 heteroatoms. The Hall–Kier alpha value is -2.43. The number of carboxylic acid groups (broad SMARTS) is 1. The number of aryl methyl sites for hydroxylation is 1. The Labute approximate surface area is 315 Å². The molecule has 4 fully saturated rings. The van der Waals surface area contributed by atoms with Gasteiger partial charge in [-0.2, -0.15) is 0 Å². The van der Waals surface area contributed by atoms with Crippen LogP contribution in [-0.2, 0) is 25.5 Å². The highest BCUT2D eigenvalue weighted by Gasteiger charge is 2.70. The number of allylic oxidation sites excluding steroid dienone is 2. The zero-order chi connectivity index (χ0) is 37.9. The highest BCUT2D eigenvalue weighted by molar-refractivity contribution is 6.00. The van der Waals surface area contributed by atoms with Crippen LogP contribution in [0.25, 0.3) is 0 Å². The first kappa shape index (κ1) is 39.3. The maximum absolute atomic E-state index is 14.0. The lowest BCUT2D eigenvalue weighted by Crippen LogP contribution is -2.65. The number of benzene rings is 1. The lowest BCUT2D eigenvalue weighted by Gasteiger charge is -2.72. The van der Waals surface area contributed by atoms with Gasteiger partial charge in [0.15, 0.2) is 5.78 Å². The van der Waals surface area contributed by atoms with Crippen LogP contribution in [0.2, 0.25) is 0 Å². The normalized spacial score (nSPS) is 36.8. The van der Waals surface area contributed by atoms with E-state index in [-0.39, 0.29) is 51.5 Å². The van der Waals surface area contributed by atoms with Crippen molar-refractivity contribution in [3.05, 3.63) is 47.0 Å². The monoisotopic (exact) mass is 715 g/mol. The predicted molar refractivity (Wildman–Crippen MR) is 209 cm³/mol. The SMILES string of the molecule is CC(C)C1=C2C3CCC4C5(C)CCC(OC(=O)CC(C)(C)C(=O)O)C(C)(C)C5CCC4(C)C3(C)CCC2(CCCCCCc2ccccc2)CC1=O. The molecule has 5 aliphatic carbocycles. The first-order chi connectivity index (χ1) is 24.3. The van der Waals surface area contributed by atoms with E-state index in [2.05, 4.69) is 78.8 Å². The van der Waals surface area contributed by atoms with Gasteiger partial charge >= 0.3 is 11.9 Å². The van der Waals surface area contributed by atoms with Crippen molar-refractivity contribution in [1.29, 1.82) is 0 Å². The van der Waals surface area contributed by atoms with Gasteiger partial charge in [-0.1, -0.05) is 104 Å². The second-order valence-electron chi connectivity index (χ2n) is 20.6. The summed E-state index contributed by atoms with van der Waals surface area (Å²) in [7, 11) is 0. The highest BCUT2D eigenvalue weighted by atomic mass is 16.5. The van der Waals surface area contributed by atoms with Crippen molar-refractivity contribution >= 4 is 17.7 Å². The minimum absolute atomic E-state index is 0.0593. The smallest absolute Gasteiger partial charge is 0.309 e.